The van der Waals surface area contributed by atoms with Crippen LogP contribution in [0.1, 0.15) is 0 Å². The van der Waals surface area contributed by atoms with Crippen LogP contribution >= 0.6 is 12.2 Å². The van der Waals surface area contributed by atoms with E-state index in [1.54, 1.807) is 24.3 Å². The Bertz CT molecular complexity index is 318. The first-order valence-corrected chi connectivity index (χ1v) is 4.25. The van der Waals surface area contributed by atoms with E-state index in [9.17, 15) is 4.79 Å². The lowest BCUT2D eigenvalue weighted by atomic mass is 10.3. The molecule has 7 N–H and O–H groups in total. The van der Waals surface area contributed by atoms with Gasteiger partial charge < -0.3 is 21.6 Å². The smallest absolute Gasteiger partial charge is 0.409 e. The molecule has 6 nitrogen and oxygen atoms in total. The van der Waals surface area contributed by atoms with Gasteiger partial charge in [-0.2, -0.15) is 0 Å². The van der Waals surface area contributed by atoms with Crippen molar-refractivity contribution in [3.8, 4) is 5.75 Å². The van der Waals surface area contributed by atoms with Gasteiger partial charge in [-0.05, 0) is 24.4 Å². The van der Waals surface area contributed by atoms with E-state index in [0.29, 0.717) is 5.75 Å². The first-order chi connectivity index (χ1) is 7.06. The van der Waals surface area contributed by atoms with E-state index in [0.717, 1.165) is 0 Å². The van der Waals surface area contributed by atoms with Gasteiger partial charge in [-0.3, -0.25) is 0 Å². The molecule has 0 heterocycles. The van der Waals surface area contributed by atoms with Gasteiger partial charge in [0.1, 0.15) is 5.75 Å². The van der Waals surface area contributed by atoms with Crippen LogP contribution in [0.15, 0.2) is 30.3 Å². The van der Waals surface area contributed by atoms with E-state index >= 15 is 0 Å². The maximum atomic E-state index is 10.2. The van der Waals surface area contributed by atoms with E-state index in [1.807, 2.05) is 11.5 Å². The van der Waals surface area contributed by atoms with Crippen molar-refractivity contribution in [1.82, 2.24) is 5.43 Å². The highest BCUT2D eigenvalue weighted by Crippen LogP contribution is 2.07. The van der Waals surface area contributed by atoms with E-state index in [2.05, 4.69) is 22.8 Å². The Balaban J connectivity index is 0.000000336. The lowest BCUT2D eigenvalue weighted by Gasteiger charge is -1.96. The molecule has 0 aliphatic heterocycles. The zero-order valence-corrected chi connectivity index (χ0v) is 8.66. The molecule has 0 saturated carbocycles. The van der Waals surface area contributed by atoms with E-state index in [1.165, 1.54) is 0 Å². The Morgan fingerprint density at radius 1 is 1.27 bits per heavy atom. The number of hydrogen-bond acceptors (Lipinski definition) is 4. The Morgan fingerprint density at radius 2 is 1.73 bits per heavy atom. The highest BCUT2D eigenvalue weighted by atomic mass is 32.1. The van der Waals surface area contributed by atoms with Crippen LogP contribution in [-0.4, -0.2) is 11.2 Å². The average molecular weight is 228 g/mol. The minimum atomic E-state index is -0.786. The van der Waals surface area contributed by atoms with Gasteiger partial charge in [-0.15, -0.1) is 0 Å². The fourth-order valence-electron chi connectivity index (χ4n) is 0.605. The van der Waals surface area contributed by atoms with Crippen LogP contribution in [0.3, 0.4) is 0 Å². The van der Waals surface area contributed by atoms with Crippen LogP contribution in [0.25, 0.3) is 0 Å². The van der Waals surface area contributed by atoms with E-state index in [-0.39, 0.29) is 5.11 Å². The number of benzene rings is 1. The molecule has 0 bridgehead atoms. The van der Waals surface area contributed by atoms with Gasteiger partial charge in [0.05, 0.1) is 0 Å². The zero-order valence-electron chi connectivity index (χ0n) is 7.84. The van der Waals surface area contributed by atoms with Gasteiger partial charge in [0.25, 0.3) is 0 Å². The van der Waals surface area contributed by atoms with Crippen LogP contribution in [0, 0.1) is 0 Å². The predicted molar refractivity (Wildman–Crippen MR) is 60.8 cm³/mol. The maximum absolute atomic E-state index is 10.2. The SMILES string of the molecule is NC(=O)Oc1ccccc1.NNC(N)=S. The number of ether oxygens (including phenoxy) is 1. The number of amides is 1. The Morgan fingerprint density at radius 3 is 2.07 bits per heavy atom. The van der Waals surface area contributed by atoms with Crippen molar-refractivity contribution in [3.63, 3.8) is 0 Å². The van der Waals surface area contributed by atoms with Crippen molar-refractivity contribution >= 4 is 23.4 Å². The zero-order chi connectivity index (χ0) is 11.7. The maximum Gasteiger partial charge on any atom is 0.409 e. The minimum absolute atomic E-state index is 0.116. The number of hydrogen-bond donors (Lipinski definition) is 4. The average Bonchev–Trinajstić information content (AvgIpc) is 2.19. The molecular weight excluding hydrogens is 216 g/mol. The molecule has 7 heteroatoms. The molecule has 0 spiro atoms. The molecule has 0 aromatic heterocycles. The standard InChI is InChI=1S/C7H7NO2.CH5N3S/c8-7(9)10-6-4-2-1-3-5-6;2-1(5)4-3/h1-5H,(H2,8,9);3H2,(H3,2,4,5). The molecule has 15 heavy (non-hydrogen) atoms. The summed E-state index contributed by atoms with van der Waals surface area (Å²) in [6.07, 6.45) is -0.786. The Kier molecular flexibility index (Phi) is 6.60. The molecule has 1 amide bonds. The number of para-hydroxylation sites is 1. The molecular formula is C8H12N4O2S. The normalized spacial score (nSPS) is 8.07. The summed E-state index contributed by atoms with van der Waals surface area (Å²) < 4.78 is 4.55. The fourth-order valence-corrected chi connectivity index (χ4v) is 0.605. The number of thiocarbonyl (C=S) groups is 1. The van der Waals surface area contributed by atoms with Crippen molar-refractivity contribution < 1.29 is 9.53 Å². The number of primary amides is 1. The first kappa shape index (κ1) is 13.1. The second kappa shape index (κ2) is 7.54. The van der Waals surface area contributed by atoms with Crippen molar-refractivity contribution in [2.75, 3.05) is 0 Å². The van der Waals surface area contributed by atoms with Crippen LogP contribution < -0.4 is 27.5 Å². The van der Waals surface area contributed by atoms with Crippen LogP contribution in [0.2, 0.25) is 0 Å². The van der Waals surface area contributed by atoms with Crippen LogP contribution in [0.5, 0.6) is 5.75 Å². The monoisotopic (exact) mass is 228 g/mol. The molecule has 0 radical (unpaired) electrons. The minimum Gasteiger partial charge on any atom is -0.411 e. The summed E-state index contributed by atoms with van der Waals surface area (Å²) in [5.41, 5.74) is 11.6. The summed E-state index contributed by atoms with van der Waals surface area (Å²) >= 11 is 4.24. The molecule has 0 aliphatic rings. The number of hydrazine groups is 1. The van der Waals surface area contributed by atoms with Crippen LogP contribution in [0.4, 0.5) is 4.79 Å². The molecule has 0 fully saturated rings. The van der Waals surface area contributed by atoms with E-state index in [4.69, 9.17) is 11.5 Å². The molecule has 1 rings (SSSR count). The van der Waals surface area contributed by atoms with Gasteiger partial charge in [-0.1, -0.05) is 18.2 Å². The molecule has 1 aromatic carbocycles. The van der Waals surface area contributed by atoms with Gasteiger partial charge in [0.15, 0.2) is 5.11 Å². The van der Waals surface area contributed by atoms with Crippen molar-refractivity contribution in [2.24, 2.45) is 17.3 Å². The number of carbonyl (C=O) groups is 1. The summed E-state index contributed by atoms with van der Waals surface area (Å²) in [5.74, 6) is 5.12. The molecule has 82 valence electrons. The summed E-state index contributed by atoms with van der Waals surface area (Å²) in [5, 5.41) is 0.116. The van der Waals surface area contributed by atoms with Gasteiger partial charge >= 0.3 is 6.09 Å². The third kappa shape index (κ3) is 8.47. The largest absolute Gasteiger partial charge is 0.411 e. The fraction of sp³-hybridized carbons (Fsp3) is 0. The molecule has 0 aliphatic carbocycles. The third-order valence-electron chi connectivity index (χ3n) is 1.10. The number of nitrogens with two attached hydrogens (primary N) is 3. The second-order valence-corrected chi connectivity index (χ2v) is 2.68. The predicted octanol–water partition coefficient (Wildman–Crippen LogP) is -0.163. The quantitative estimate of drug-likeness (QED) is 0.301. The molecule has 1 aromatic rings. The number of carbonyl (C=O) groups excluding carboxylic acids is 1. The Hall–Kier alpha value is -1.86. The lowest BCUT2D eigenvalue weighted by Crippen LogP contribution is -2.34. The second-order valence-electron chi connectivity index (χ2n) is 2.24. The molecule has 0 saturated heterocycles. The molecule has 0 unspecified atom stereocenters. The van der Waals surface area contributed by atoms with Gasteiger partial charge in [0.2, 0.25) is 0 Å². The summed E-state index contributed by atoms with van der Waals surface area (Å²) in [6, 6.07) is 8.67. The van der Waals surface area contributed by atoms with Crippen molar-refractivity contribution in [3.05, 3.63) is 30.3 Å². The topological polar surface area (TPSA) is 116 Å². The lowest BCUT2D eigenvalue weighted by molar-refractivity contribution is 0.211. The highest BCUT2D eigenvalue weighted by molar-refractivity contribution is 7.80. The number of nitrogens with one attached hydrogen (secondary N) is 1. The summed E-state index contributed by atoms with van der Waals surface area (Å²) in [6.45, 7) is 0. The third-order valence-corrected chi connectivity index (χ3v) is 1.22. The summed E-state index contributed by atoms with van der Waals surface area (Å²) in [4.78, 5) is 10.2. The van der Waals surface area contributed by atoms with Gasteiger partial charge in [0, 0.05) is 0 Å². The van der Waals surface area contributed by atoms with Crippen molar-refractivity contribution in [2.45, 2.75) is 0 Å². The Labute approximate surface area is 92.3 Å². The number of rotatable bonds is 1. The highest BCUT2D eigenvalue weighted by Gasteiger charge is 1.93. The van der Waals surface area contributed by atoms with E-state index < -0.39 is 6.09 Å². The molecule has 0 atom stereocenters. The van der Waals surface area contributed by atoms with Gasteiger partial charge in [-0.25, -0.2) is 10.6 Å². The first-order valence-electron chi connectivity index (χ1n) is 3.84. The van der Waals surface area contributed by atoms with Crippen molar-refractivity contribution in [1.29, 1.82) is 0 Å². The van der Waals surface area contributed by atoms with Crippen LogP contribution in [-0.2, 0) is 0 Å². The summed E-state index contributed by atoms with van der Waals surface area (Å²) in [7, 11) is 0.